The van der Waals surface area contributed by atoms with E-state index >= 15 is 0 Å². The summed E-state index contributed by atoms with van der Waals surface area (Å²) in [5, 5.41) is 0.379. The van der Waals surface area contributed by atoms with Gasteiger partial charge in [0, 0.05) is 5.02 Å². The predicted molar refractivity (Wildman–Crippen MR) is 107 cm³/mol. The number of anilines is 1. The van der Waals surface area contributed by atoms with Crippen LogP contribution in [0.15, 0.2) is 71.6 Å². The lowest BCUT2D eigenvalue weighted by Gasteiger charge is -2.15. The third-order valence-electron chi connectivity index (χ3n) is 3.77. The molecule has 0 saturated heterocycles. The number of nitrogens with one attached hydrogen (secondary N) is 1. The summed E-state index contributed by atoms with van der Waals surface area (Å²) in [5.41, 5.74) is 1.03. The van der Waals surface area contributed by atoms with Crippen molar-refractivity contribution in [2.24, 2.45) is 0 Å². The molecule has 0 radical (unpaired) electrons. The van der Waals surface area contributed by atoms with Gasteiger partial charge >= 0.3 is 0 Å². The molecule has 0 heterocycles. The van der Waals surface area contributed by atoms with Gasteiger partial charge in [-0.3, -0.25) is 4.72 Å². The van der Waals surface area contributed by atoms with E-state index in [1.807, 2.05) is 25.1 Å². The number of aryl methyl sites for hydroxylation is 1. The molecule has 1 N–H and O–H groups in total. The summed E-state index contributed by atoms with van der Waals surface area (Å²) in [6, 6.07) is 18.7. The van der Waals surface area contributed by atoms with E-state index in [9.17, 15) is 8.42 Å². The van der Waals surface area contributed by atoms with Gasteiger partial charge in [-0.05, 0) is 55.0 Å². The van der Waals surface area contributed by atoms with Crippen LogP contribution in [0.5, 0.6) is 17.2 Å². The fourth-order valence-electron chi connectivity index (χ4n) is 2.48. The topological polar surface area (TPSA) is 64.6 Å². The van der Waals surface area contributed by atoms with Gasteiger partial charge in [0.2, 0.25) is 0 Å². The van der Waals surface area contributed by atoms with E-state index in [1.54, 1.807) is 42.5 Å². The Labute approximate surface area is 163 Å². The molecule has 3 aromatic rings. The number of benzene rings is 3. The van der Waals surface area contributed by atoms with Crippen molar-refractivity contribution in [1.82, 2.24) is 0 Å². The minimum Gasteiger partial charge on any atom is -0.495 e. The molecule has 0 atom stereocenters. The van der Waals surface area contributed by atoms with Gasteiger partial charge in [0.15, 0.2) is 5.75 Å². The van der Waals surface area contributed by atoms with Gasteiger partial charge in [-0.15, -0.1) is 0 Å². The van der Waals surface area contributed by atoms with E-state index in [-0.39, 0.29) is 16.3 Å². The van der Waals surface area contributed by atoms with Crippen LogP contribution in [-0.2, 0) is 10.0 Å². The second kappa shape index (κ2) is 7.90. The minimum atomic E-state index is -3.92. The number of para-hydroxylation sites is 1. The summed E-state index contributed by atoms with van der Waals surface area (Å²) in [6.45, 7) is 1.81. The standard InChI is InChI=1S/C20H18ClNO4S/c1-14-8-10-19(25-2)20(12-14)27(23,24)22-17-13-15(21)9-11-18(17)26-16-6-4-3-5-7-16/h3-13,22H,1-2H3. The molecule has 0 aliphatic carbocycles. The normalized spacial score (nSPS) is 11.1. The Balaban J connectivity index is 1.99. The fraction of sp³-hybridized carbons (Fsp3) is 0.100. The quantitative estimate of drug-likeness (QED) is 0.610. The molecule has 140 valence electrons. The summed E-state index contributed by atoms with van der Waals surface area (Å²) in [4.78, 5) is 0.0376. The van der Waals surface area contributed by atoms with Crippen molar-refractivity contribution < 1.29 is 17.9 Å². The number of hydrogen-bond donors (Lipinski definition) is 1. The highest BCUT2D eigenvalue weighted by Crippen LogP contribution is 2.35. The minimum absolute atomic E-state index is 0.0376. The van der Waals surface area contributed by atoms with E-state index in [4.69, 9.17) is 21.1 Å². The van der Waals surface area contributed by atoms with E-state index in [2.05, 4.69) is 4.72 Å². The van der Waals surface area contributed by atoms with Crippen molar-refractivity contribution in [3.8, 4) is 17.2 Å². The van der Waals surface area contributed by atoms with Gasteiger partial charge in [0.05, 0.1) is 12.8 Å². The first-order valence-corrected chi connectivity index (χ1v) is 9.95. The van der Waals surface area contributed by atoms with E-state index in [0.29, 0.717) is 16.5 Å². The first-order valence-electron chi connectivity index (χ1n) is 8.09. The van der Waals surface area contributed by atoms with Crippen molar-refractivity contribution >= 4 is 27.3 Å². The Morgan fingerprint density at radius 3 is 2.33 bits per heavy atom. The second-order valence-corrected chi connectivity index (χ2v) is 7.90. The van der Waals surface area contributed by atoms with Crippen LogP contribution in [-0.4, -0.2) is 15.5 Å². The largest absolute Gasteiger partial charge is 0.495 e. The number of hydrogen-bond acceptors (Lipinski definition) is 4. The summed E-state index contributed by atoms with van der Waals surface area (Å²) in [5.74, 6) is 1.16. The van der Waals surface area contributed by atoms with Crippen LogP contribution in [0.2, 0.25) is 5.02 Å². The van der Waals surface area contributed by atoms with Gasteiger partial charge in [-0.1, -0.05) is 35.9 Å². The number of methoxy groups -OCH3 is 1. The Bertz CT molecular complexity index is 1050. The van der Waals surface area contributed by atoms with Gasteiger partial charge in [0.1, 0.15) is 16.4 Å². The highest BCUT2D eigenvalue weighted by molar-refractivity contribution is 7.92. The highest BCUT2D eigenvalue weighted by Gasteiger charge is 2.22. The van der Waals surface area contributed by atoms with Crippen molar-refractivity contribution in [1.29, 1.82) is 0 Å². The van der Waals surface area contributed by atoms with Crippen LogP contribution in [0, 0.1) is 6.92 Å². The summed E-state index contributed by atoms with van der Waals surface area (Å²) in [7, 11) is -2.50. The van der Waals surface area contributed by atoms with Crippen LogP contribution in [0.1, 0.15) is 5.56 Å². The third-order valence-corrected chi connectivity index (χ3v) is 5.39. The van der Waals surface area contributed by atoms with Crippen LogP contribution in [0.3, 0.4) is 0 Å². The highest BCUT2D eigenvalue weighted by atomic mass is 35.5. The maximum absolute atomic E-state index is 13.0. The van der Waals surface area contributed by atoms with Crippen LogP contribution in [0.25, 0.3) is 0 Å². The molecule has 0 unspecified atom stereocenters. The molecule has 0 aliphatic rings. The van der Waals surface area contributed by atoms with Gasteiger partial charge in [-0.2, -0.15) is 0 Å². The maximum atomic E-state index is 13.0. The smallest absolute Gasteiger partial charge is 0.265 e. The zero-order valence-electron chi connectivity index (χ0n) is 14.8. The van der Waals surface area contributed by atoms with E-state index in [1.165, 1.54) is 13.2 Å². The molecule has 0 fully saturated rings. The zero-order valence-corrected chi connectivity index (χ0v) is 16.3. The van der Waals surface area contributed by atoms with Crippen molar-refractivity contribution in [2.75, 3.05) is 11.8 Å². The van der Waals surface area contributed by atoms with Gasteiger partial charge in [-0.25, -0.2) is 8.42 Å². The molecule has 7 heteroatoms. The lowest BCUT2D eigenvalue weighted by molar-refractivity contribution is 0.402. The average molecular weight is 404 g/mol. The molecule has 0 aromatic heterocycles. The molecule has 3 aromatic carbocycles. The summed E-state index contributed by atoms with van der Waals surface area (Å²) >= 11 is 6.06. The molecule has 0 aliphatic heterocycles. The van der Waals surface area contributed by atoms with Crippen molar-refractivity contribution in [3.63, 3.8) is 0 Å². The Morgan fingerprint density at radius 2 is 1.63 bits per heavy atom. The number of halogens is 1. The number of rotatable bonds is 6. The molecule has 0 bridgehead atoms. The first kappa shape index (κ1) is 19.1. The lowest BCUT2D eigenvalue weighted by Crippen LogP contribution is -2.15. The summed E-state index contributed by atoms with van der Waals surface area (Å²) < 4.78 is 39.5. The molecular weight excluding hydrogens is 386 g/mol. The van der Waals surface area contributed by atoms with E-state index < -0.39 is 10.0 Å². The molecule has 3 rings (SSSR count). The molecular formula is C20H18ClNO4S. The molecule has 27 heavy (non-hydrogen) atoms. The van der Waals surface area contributed by atoms with Gasteiger partial charge in [0.25, 0.3) is 10.0 Å². The third kappa shape index (κ3) is 4.53. The lowest BCUT2D eigenvalue weighted by atomic mass is 10.2. The van der Waals surface area contributed by atoms with Crippen LogP contribution >= 0.6 is 11.6 Å². The average Bonchev–Trinajstić information content (AvgIpc) is 2.64. The van der Waals surface area contributed by atoms with Crippen LogP contribution in [0.4, 0.5) is 5.69 Å². The SMILES string of the molecule is COc1ccc(C)cc1S(=O)(=O)Nc1cc(Cl)ccc1Oc1ccccc1. The number of ether oxygens (including phenoxy) is 2. The second-order valence-electron chi connectivity index (χ2n) is 5.82. The molecule has 0 spiro atoms. The van der Waals surface area contributed by atoms with E-state index in [0.717, 1.165) is 5.56 Å². The van der Waals surface area contributed by atoms with Crippen LogP contribution < -0.4 is 14.2 Å². The maximum Gasteiger partial charge on any atom is 0.265 e. The Morgan fingerprint density at radius 1 is 0.926 bits per heavy atom. The molecule has 5 nitrogen and oxygen atoms in total. The molecule has 0 saturated carbocycles. The number of sulfonamides is 1. The summed E-state index contributed by atoms with van der Waals surface area (Å²) in [6.07, 6.45) is 0. The predicted octanol–water partition coefficient (Wildman–Crippen LogP) is 5.25. The fourth-order valence-corrected chi connectivity index (χ4v) is 3.97. The first-order chi connectivity index (χ1) is 12.9. The zero-order chi connectivity index (χ0) is 19.4. The Hall–Kier alpha value is -2.70. The monoisotopic (exact) mass is 403 g/mol. The van der Waals surface area contributed by atoms with Crippen molar-refractivity contribution in [3.05, 3.63) is 77.3 Å². The Kier molecular flexibility index (Phi) is 5.58. The molecule has 0 amide bonds. The van der Waals surface area contributed by atoms with Gasteiger partial charge < -0.3 is 9.47 Å². The van der Waals surface area contributed by atoms with Crippen molar-refractivity contribution in [2.45, 2.75) is 11.8 Å².